The van der Waals surface area contributed by atoms with E-state index in [1.54, 1.807) is 27.8 Å². The molecule has 6 aliphatic rings. The molecular weight excluding hydrogens is 1920 g/mol. The average Bonchev–Trinajstić information content (AvgIpc) is 1.61. The lowest BCUT2D eigenvalue weighted by Crippen LogP contribution is -2.59. The highest BCUT2D eigenvalue weighted by atomic mass is 32.2. The number of likely N-dealkylation sites (tertiary alicyclic amines) is 3. The number of fused-ring (bicyclic) bond motifs is 4. The number of nitrogens with one attached hydrogen (secondary N) is 15. The van der Waals surface area contributed by atoms with E-state index in [1.165, 1.54) is 58.3 Å². The van der Waals surface area contributed by atoms with Crippen LogP contribution >= 0.6 is 11.8 Å². The van der Waals surface area contributed by atoms with Crippen LogP contribution in [0.25, 0.3) is 10.9 Å². The number of aliphatic carboxylic acids is 1. The van der Waals surface area contributed by atoms with Crippen molar-refractivity contribution >= 4 is 141 Å². The average molecular weight is 2080 g/mol. The number of hydrogen-bond acceptors (Lipinski definition) is 26. The molecular formula is C100H163N25O21S. The molecule has 6 heterocycles. The standard InChI is InChI=1S/C100H163N25O21S/c1-55(110-85(131)59(5)114-94(140)78-35-34-65-54-147-66-50-79(98(144)125(65)78)124(53-66)96(142)68-26-11-12-27-69(68)99(145)146)81(127)108-56(2)82(128)111-60(6)86(132)115-71(29-15-20-40-101)89(135)113-58(4)84(130)109-57(3)83(129)112-61(7)87(133)121-77(51-100(8,9)10)97(143)123-47-38-63(39-48-123)95(141)122-45-36-62(37-46-122)88(134)116-72(30-16-21-41-102)90(136)117-73(31-17-22-42-103)91(137)118-74(32-18-23-43-104)92(138)119-75(33-19-24-44-105)93(139)120-76(80(106)126)49-64-52-107-70-28-14-13-25-67(64)70/h13-14,25,28,52,55-63,65-66,68-69,71-79,107H,11-12,15-24,26-27,29-51,53-54,101-105H2,1-10H3,(H2,106,126)(H,108,127)(H,109,130)(H,110,131)(H,111,128)(H,112,129)(H,113,135)(H,114,140)(H,115,132)(H,116,134)(H,117,136)(H,118,137)(H,119,138)(H,120,139)(H,121,133)(H,145,146)/t55-,56-,57-,58-,59-,60-,61-,65?,66+,68+,69+,71-,72-,73-,74-,75-,76-,77-,78-,79+/m0/s1. The molecule has 5 saturated heterocycles. The molecule has 820 valence electrons. The summed E-state index contributed by atoms with van der Waals surface area (Å²) in [6, 6.07) is -11.9. The minimum atomic E-state index is -1.31. The van der Waals surface area contributed by atoms with Gasteiger partial charge in [0.25, 0.3) is 0 Å². The van der Waals surface area contributed by atoms with Crippen LogP contribution < -0.4 is 109 Å². The van der Waals surface area contributed by atoms with Crippen molar-refractivity contribution < 1.29 is 101 Å². The fourth-order valence-electron chi connectivity index (χ4n) is 19.7. The predicted octanol–water partition coefficient (Wildman–Crippen LogP) is -2.35. The Morgan fingerprint density at radius 2 is 0.796 bits per heavy atom. The zero-order valence-electron chi connectivity index (χ0n) is 86.9. The normalized spacial score (nSPS) is 21.0. The maximum absolute atomic E-state index is 14.6. The van der Waals surface area contributed by atoms with Gasteiger partial charge in [0.2, 0.25) is 112 Å². The topological polar surface area (TPSA) is 715 Å². The Balaban J connectivity index is 0.760. The number of benzene rings is 1. The quantitative estimate of drug-likeness (QED) is 0.0308. The third kappa shape index (κ3) is 36.1. The number of thioether (sulfide) groups is 1. The van der Waals surface area contributed by atoms with Crippen LogP contribution in [-0.4, -0.2) is 327 Å². The number of aromatic nitrogens is 1. The Labute approximate surface area is 864 Å². The molecule has 1 aromatic carbocycles. The summed E-state index contributed by atoms with van der Waals surface area (Å²) in [7, 11) is 0. The van der Waals surface area contributed by atoms with Crippen LogP contribution in [0.15, 0.2) is 30.5 Å². The van der Waals surface area contributed by atoms with Crippen LogP contribution in [0, 0.1) is 29.1 Å². The predicted molar refractivity (Wildman–Crippen MR) is 548 cm³/mol. The third-order valence-electron chi connectivity index (χ3n) is 28.5. The van der Waals surface area contributed by atoms with Crippen molar-refractivity contribution in [2.24, 2.45) is 63.5 Å². The highest BCUT2D eigenvalue weighted by molar-refractivity contribution is 8.00. The van der Waals surface area contributed by atoms with Gasteiger partial charge in [-0.1, -0.05) is 51.8 Å². The van der Waals surface area contributed by atoms with E-state index in [2.05, 4.69) is 79.4 Å². The summed E-state index contributed by atoms with van der Waals surface area (Å²) >= 11 is 1.61. The largest absolute Gasteiger partial charge is 0.481 e. The van der Waals surface area contributed by atoms with Gasteiger partial charge in [0.15, 0.2) is 0 Å². The first kappa shape index (κ1) is 121. The molecule has 0 spiro atoms. The van der Waals surface area contributed by atoms with E-state index in [9.17, 15) is 101 Å². The van der Waals surface area contributed by atoms with Crippen molar-refractivity contribution in [1.82, 2.24) is 99.0 Å². The number of aromatic amines is 1. The Bertz CT molecular complexity index is 4870. The number of nitrogens with two attached hydrogens (primary N) is 6. The molecule has 1 saturated carbocycles. The van der Waals surface area contributed by atoms with E-state index >= 15 is 0 Å². The summed E-state index contributed by atoms with van der Waals surface area (Å²) in [6.07, 6.45) is 11.4. The Kier molecular flexibility index (Phi) is 48.3. The smallest absolute Gasteiger partial charge is 0.307 e. The Morgan fingerprint density at radius 3 is 1.22 bits per heavy atom. The number of nitrogens with zero attached hydrogens (tertiary/aromatic N) is 4. The van der Waals surface area contributed by atoms with Crippen molar-refractivity contribution in [3.8, 4) is 0 Å². The van der Waals surface area contributed by atoms with Crippen LogP contribution in [0.2, 0.25) is 0 Å². The summed E-state index contributed by atoms with van der Waals surface area (Å²) in [4.78, 5) is 287. The number of carbonyl (C=O) groups excluding carboxylic acids is 19. The molecule has 5 aliphatic heterocycles. The van der Waals surface area contributed by atoms with Gasteiger partial charge in [-0.05, 0) is 259 Å². The van der Waals surface area contributed by atoms with Gasteiger partial charge in [0.1, 0.15) is 96.7 Å². The zero-order chi connectivity index (χ0) is 108. The number of piperidine rings is 2. The third-order valence-corrected chi connectivity index (χ3v) is 29.9. The minimum absolute atomic E-state index is 0.0333. The monoisotopic (exact) mass is 2080 g/mol. The molecule has 0 radical (unpaired) electrons. The molecule has 1 unspecified atom stereocenters. The van der Waals surface area contributed by atoms with E-state index in [-0.39, 0.29) is 133 Å². The molecule has 19 amide bonds. The van der Waals surface area contributed by atoms with Crippen molar-refractivity contribution in [3.63, 3.8) is 0 Å². The number of rotatable bonds is 56. The molecule has 1 aromatic heterocycles. The van der Waals surface area contributed by atoms with Crippen LogP contribution in [0.1, 0.15) is 248 Å². The molecule has 2 bridgehead atoms. The van der Waals surface area contributed by atoms with E-state index in [1.807, 2.05) is 45.0 Å². The van der Waals surface area contributed by atoms with Crippen LogP contribution in [0.3, 0.4) is 0 Å². The van der Waals surface area contributed by atoms with Gasteiger partial charge in [-0.2, -0.15) is 11.8 Å². The van der Waals surface area contributed by atoms with Gasteiger partial charge >= 0.3 is 5.97 Å². The maximum atomic E-state index is 14.6. The molecule has 1 aliphatic carbocycles. The summed E-state index contributed by atoms with van der Waals surface area (Å²) in [5.41, 5.74) is 36.1. The second-order valence-electron chi connectivity index (χ2n) is 41.4. The molecule has 147 heavy (non-hydrogen) atoms. The van der Waals surface area contributed by atoms with Crippen molar-refractivity contribution in [2.75, 3.05) is 71.2 Å². The van der Waals surface area contributed by atoms with Gasteiger partial charge < -0.3 is 139 Å². The maximum Gasteiger partial charge on any atom is 0.307 e. The second-order valence-corrected chi connectivity index (χ2v) is 42.8. The van der Waals surface area contributed by atoms with Gasteiger partial charge in [-0.15, -0.1) is 0 Å². The first-order valence-corrected chi connectivity index (χ1v) is 53.5. The zero-order valence-corrected chi connectivity index (χ0v) is 87.8. The number of unbranched alkanes of at least 4 members (excludes halogenated alkanes) is 5. The van der Waals surface area contributed by atoms with E-state index in [4.69, 9.17) is 34.4 Å². The highest BCUT2D eigenvalue weighted by Gasteiger charge is 2.53. The lowest BCUT2D eigenvalue weighted by atomic mass is 9.78. The second kappa shape index (κ2) is 58.9. The molecule has 20 atom stereocenters. The summed E-state index contributed by atoms with van der Waals surface area (Å²) in [5, 5.41) is 48.1. The summed E-state index contributed by atoms with van der Waals surface area (Å²) in [6.45, 7) is 17.6. The fraction of sp³-hybridized carbons (Fsp3) is 0.720. The molecule has 2 aromatic rings. The number of carboxylic acid groups (broad SMARTS) is 1. The van der Waals surface area contributed by atoms with Gasteiger partial charge in [0.05, 0.1) is 11.8 Å². The van der Waals surface area contributed by atoms with E-state index in [0.717, 1.165) is 16.5 Å². The summed E-state index contributed by atoms with van der Waals surface area (Å²) < 4.78 is 0. The molecule has 47 heteroatoms. The van der Waals surface area contributed by atoms with E-state index < -0.39 is 232 Å². The van der Waals surface area contributed by atoms with Crippen LogP contribution in [-0.2, 0) is 102 Å². The first-order valence-electron chi connectivity index (χ1n) is 52.5. The number of carboxylic acids is 1. The number of primary amides is 1. The Morgan fingerprint density at radius 1 is 0.422 bits per heavy atom. The van der Waals surface area contributed by atoms with Gasteiger partial charge in [-0.3, -0.25) is 95.9 Å². The molecule has 46 nitrogen and oxygen atoms in total. The highest BCUT2D eigenvalue weighted by Crippen LogP contribution is 2.41. The number of para-hydroxylation sites is 1. The fourth-order valence-corrected chi connectivity index (χ4v) is 21.1. The van der Waals surface area contributed by atoms with Crippen molar-refractivity contribution in [2.45, 2.75) is 357 Å². The van der Waals surface area contributed by atoms with Crippen molar-refractivity contribution in [1.29, 1.82) is 0 Å². The van der Waals surface area contributed by atoms with Crippen LogP contribution in [0.5, 0.6) is 0 Å². The van der Waals surface area contributed by atoms with Gasteiger partial charge in [-0.25, -0.2) is 0 Å². The molecule has 28 N–H and O–H groups in total. The Hall–Kier alpha value is -11.7. The minimum Gasteiger partial charge on any atom is -0.481 e. The van der Waals surface area contributed by atoms with Crippen LogP contribution in [0.4, 0.5) is 0 Å². The number of amides is 19. The first-order chi connectivity index (χ1) is 69.8. The lowest BCUT2D eigenvalue weighted by molar-refractivity contribution is -0.155. The van der Waals surface area contributed by atoms with E-state index in [0.29, 0.717) is 141 Å². The SMILES string of the molecule is C[C@H](NC(=O)[C@H](C)NC(=O)[C@H](C)NC(=O)[C@@H]1CCC2CS[C@@H]3C[C@H](C(=O)N21)N(C(=O)[C@@H]1CCCC[C@H]1C(=O)O)C3)C(=O)N[C@@H](C)C(=O)N[C@@H](CCCCN)C(=O)N[C@@H](C)C(=O)N[C@@H](C)C(=O)N[C@@H](C)C(=O)N[C@@H](CC(C)(C)C)C(=O)N1CCC(C(=O)N2CCC(C(=O)N[C@@H](CCCCN)C(=O)N[C@@H](CCCCN)C(=O)N[C@@H](CCCCN)C(=O)N[C@@H](CCCCN)C(=O)N[C@@H](Cc3c[nH]c4ccccc34)C(N)=O)CC2)CC1. The molecule has 6 fully saturated rings. The van der Waals surface area contributed by atoms with Gasteiger partial charge in [0, 0.05) is 85.1 Å². The molecule has 8 rings (SSSR count). The number of carbonyl (C=O) groups is 20. The summed E-state index contributed by atoms with van der Waals surface area (Å²) in [5.74, 6) is -15.5. The lowest BCUT2D eigenvalue weighted by Gasteiger charge is -2.38. The van der Waals surface area contributed by atoms with Crippen molar-refractivity contribution in [3.05, 3.63) is 36.0 Å². The number of H-pyrrole nitrogens is 1. The number of hydrogen-bond donors (Lipinski definition) is 22.